The van der Waals surface area contributed by atoms with Crippen LogP contribution < -0.4 is 5.32 Å². The van der Waals surface area contributed by atoms with Crippen molar-refractivity contribution in [3.05, 3.63) is 65.5 Å². The number of carbonyl (C=O) groups is 1. The highest BCUT2D eigenvalue weighted by molar-refractivity contribution is 5.93. The molecule has 26 heavy (non-hydrogen) atoms. The van der Waals surface area contributed by atoms with Gasteiger partial charge in [0.2, 0.25) is 5.95 Å². The lowest BCUT2D eigenvalue weighted by Gasteiger charge is -2.27. The number of rotatable bonds is 4. The number of pyridine rings is 1. The van der Waals surface area contributed by atoms with Crippen LogP contribution in [0.2, 0.25) is 0 Å². The molecule has 0 unspecified atom stereocenters. The molecule has 0 atom stereocenters. The molecule has 1 aliphatic rings. The Morgan fingerprint density at radius 1 is 1.19 bits per heavy atom. The molecule has 0 saturated heterocycles. The lowest BCUT2D eigenvalue weighted by molar-refractivity contribution is 0.0705. The van der Waals surface area contributed by atoms with E-state index in [4.69, 9.17) is 0 Å². The monoisotopic (exact) mass is 349 g/mol. The zero-order valence-corrected chi connectivity index (χ0v) is 14.5. The van der Waals surface area contributed by atoms with Crippen LogP contribution in [0.5, 0.6) is 0 Å². The number of nitrogens with zero attached hydrogens (tertiary/aromatic N) is 6. The minimum absolute atomic E-state index is 0.00214. The maximum absolute atomic E-state index is 12.7. The standard InChI is InChI=1S/C18H19N7O/c1-13-3-4-14(10-21-13)17(26)24-7-8-25-16(12-24)9-15(23-25)11-22-18-19-5-2-6-20-18/h2-6,9-10H,7-8,11-12H2,1H3,(H,19,20,22). The summed E-state index contributed by atoms with van der Waals surface area (Å²) in [4.78, 5) is 27.0. The third kappa shape index (κ3) is 3.39. The van der Waals surface area contributed by atoms with Gasteiger partial charge in [0.25, 0.3) is 5.91 Å². The van der Waals surface area contributed by atoms with Crippen molar-refractivity contribution < 1.29 is 4.79 Å². The van der Waals surface area contributed by atoms with Gasteiger partial charge in [0.15, 0.2) is 0 Å². The van der Waals surface area contributed by atoms with E-state index in [1.807, 2.05) is 34.7 Å². The summed E-state index contributed by atoms with van der Waals surface area (Å²) in [5.41, 5.74) is 3.44. The molecule has 0 saturated carbocycles. The Hall–Kier alpha value is -3.29. The topological polar surface area (TPSA) is 88.8 Å². The number of carbonyl (C=O) groups excluding carboxylic acids is 1. The van der Waals surface area contributed by atoms with Gasteiger partial charge in [-0.05, 0) is 31.2 Å². The van der Waals surface area contributed by atoms with Crippen molar-refractivity contribution in [3.63, 3.8) is 0 Å². The number of nitrogens with one attached hydrogen (secondary N) is 1. The van der Waals surface area contributed by atoms with Crippen LogP contribution in [-0.2, 0) is 19.6 Å². The Morgan fingerprint density at radius 3 is 2.81 bits per heavy atom. The summed E-state index contributed by atoms with van der Waals surface area (Å²) in [7, 11) is 0. The maximum Gasteiger partial charge on any atom is 0.255 e. The minimum atomic E-state index is 0.00214. The van der Waals surface area contributed by atoms with Gasteiger partial charge in [-0.2, -0.15) is 5.10 Å². The van der Waals surface area contributed by atoms with Crippen molar-refractivity contribution in [1.29, 1.82) is 0 Å². The fourth-order valence-corrected chi connectivity index (χ4v) is 2.92. The molecule has 0 fully saturated rings. The number of aromatic nitrogens is 5. The lowest BCUT2D eigenvalue weighted by Crippen LogP contribution is -2.38. The Bertz CT molecular complexity index is 905. The van der Waals surface area contributed by atoms with Gasteiger partial charge in [-0.25, -0.2) is 9.97 Å². The first-order valence-corrected chi connectivity index (χ1v) is 8.47. The lowest BCUT2D eigenvalue weighted by atomic mass is 10.2. The third-order valence-electron chi connectivity index (χ3n) is 4.29. The van der Waals surface area contributed by atoms with Gasteiger partial charge in [-0.15, -0.1) is 0 Å². The molecule has 0 aromatic carbocycles. The molecular formula is C18H19N7O. The largest absolute Gasteiger partial charge is 0.348 e. The quantitative estimate of drug-likeness (QED) is 0.770. The summed E-state index contributed by atoms with van der Waals surface area (Å²) in [5.74, 6) is 0.574. The highest BCUT2D eigenvalue weighted by Gasteiger charge is 2.23. The molecule has 132 valence electrons. The first kappa shape index (κ1) is 16.2. The van der Waals surface area contributed by atoms with Gasteiger partial charge >= 0.3 is 0 Å². The Kier molecular flexibility index (Phi) is 4.30. The van der Waals surface area contributed by atoms with Crippen molar-refractivity contribution in [2.24, 2.45) is 0 Å². The summed E-state index contributed by atoms with van der Waals surface area (Å²) in [5, 5.41) is 7.74. The van der Waals surface area contributed by atoms with E-state index in [0.717, 1.165) is 17.1 Å². The highest BCUT2D eigenvalue weighted by atomic mass is 16.2. The molecule has 8 nitrogen and oxygen atoms in total. The Balaban J connectivity index is 1.43. The van der Waals surface area contributed by atoms with Crippen LogP contribution in [0.15, 0.2) is 42.9 Å². The van der Waals surface area contributed by atoms with Crippen LogP contribution in [0.1, 0.15) is 27.4 Å². The maximum atomic E-state index is 12.7. The highest BCUT2D eigenvalue weighted by Crippen LogP contribution is 2.17. The minimum Gasteiger partial charge on any atom is -0.348 e. The summed E-state index contributed by atoms with van der Waals surface area (Å²) >= 11 is 0. The first-order valence-electron chi connectivity index (χ1n) is 8.47. The number of hydrogen-bond acceptors (Lipinski definition) is 6. The number of amides is 1. The van der Waals surface area contributed by atoms with Gasteiger partial charge in [0.05, 0.1) is 36.6 Å². The summed E-state index contributed by atoms with van der Waals surface area (Å²) in [6.45, 7) is 4.31. The van der Waals surface area contributed by atoms with Crippen LogP contribution in [0.25, 0.3) is 0 Å². The van der Waals surface area contributed by atoms with Crippen LogP contribution in [0.4, 0.5) is 5.95 Å². The van der Waals surface area contributed by atoms with Gasteiger partial charge in [0.1, 0.15) is 0 Å². The Morgan fingerprint density at radius 2 is 2.04 bits per heavy atom. The predicted octanol–water partition coefficient (Wildman–Crippen LogP) is 1.64. The normalized spacial score (nSPS) is 13.3. The van der Waals surface area contributed by atoms with Crippen LogP contribution in [0, 0.1) is 6.92 Å². The molecule has 3 aromatic heterocycles. The molecule has 1 amide bonds. The number of anilines is 1. The Labute approximate surface area is 150 Å². The second-order valence-electron chi connectivity index (χ2n) is 6.19. The summed E-state index contributed by atoms with van der Waals surface area (Å²) < 4.78 is 1.96. The van der Waals surface area contributed by atoms with Gasteiger partial charge < -0.3 is 10.2 Å². The number of aryl methyl sites for hydroxylation is 1. The average molecular weight is 349 g/mol. The van der Waals surface area contributed by atoms with E-state index in [1.165, 1.54) is 0 Å². The van der Waals surface area contributed by atoms with E-state index in [0.29, 0.717) is 37.7 Å². The SMILES string of the molecule is Cc1ccc(C(=O)N2CCn3nc(CNc4ncccn4)cc3C2)cn1. The smallest absolute Gasteiger partial charge is 0.255 e. The van der Waals surface area contributed by atoms with Crippen LogP contribution >= 0.6 is 0 Å². The molecule has 4 rings (SSSR count). The molecule has 0 radical (unpaired) electrons. The molecule has 8 heteroatoms. The second-order valence-corrected chi connectivity index (χ2v) is 6.19. The number of fused-ring (bicyclic) bond motifs is 1. The van der Waals surface area contributed by atoms with Gasteiger partial charge in [-0.1, -0.05) is 0 Å². The molecule has 1 N–H and O–H groups in total. The zero-order valence-electron chi connectivity index (χ0n) is 14.5. The van der Waals surface area contributed by atoms with Crippen LogP contribution in [0.3, 0.4) is 0 Å². The fraction of sp³-hybridized carbons (Fsp3) is 0.278. The van der Waals surface area contributed by atoms with Crippen molar-refractivity contribution >= 4 is 11.9 Å². The van der Waals surface area contributed by atoms with E-state index >= 15 is 0 Å². The van der Waals surface area contributed by atoms with Crippen molar-refractivity contribution in [1.82, 2.24) is 29.6 Å². The molecule has 1 aliphatic heterocycles. The van der Waals surface area contributed by atoms with Crippen LogP contribution in [-0.4, -0.2) is 42.1 Å². The second kappa shape index (κ2) is 6.91. The van der Waals surface area contributed by atoms with Gasteiger partial charge in [0, 0.05) is 30.8 Å². The average Bonchev–Trinajstić information content (AvgIpc) is 3.09. The third-order valence-corrected chi connectivity index (χ3v) is 4.29. The van der Waals surface area contributed by atoms with E-state index < -0.39 is 0 Å². The summed E-state index contributed by atoms with van der Waals surface area (Å²) in [6.07, 6.45) is 5.02. The molecule has 0 aliphatic carbocycles. The molecule has 4 heterocycles. The molecule has 0 bridgehead atoms. The number of hydrogen-bond donors (Lipinski definition) is 1. The van der Waals surface area contributed by atoms with E-state index in [-0.39, 0.29) is 5.91 Å². The van der Waals surface area contributed by atoms with Gasteiger partial charge in [-0.3, -0.25) is 14.5 Å². The predicted molar refractivity (Wildman–Crippen MR) is 95.3 cm³/mol. The fourth-order valence-electron chi connectivity index (χ4n) is 2.92. The van der Waals surface area contributed by atoms with E-state index in [2.05, 4.69) is 25.4 Å². The van der Waals surface area contributed by atoms with E-state index in [1.54, 1.807) is 24.7 Å². The van der Waals surface area contributed by atoms with Crippen molar-refractivity contribution in [3.8, 4) is 0 Å². The van der Waals surface area contributed by atoms with Crippen molar-refractivity contribution in [2.45, 2.75) is 26.6 Å². The summed E-state index contributed by atoms with van der Waals surface area (Å²) in [6, 6.07) is 7.47. The zero-order chi connectivity index (χ0) is 17.9. The molecule has 0 spiro atoms. The van der Waals surface area contributed by atoms with E-state index in [9.17, 15) is 4.79 Å². The van der Waals surface area contributed by atoms with Crippen molar-refractivity contribution in [2.75, 3.05) is 11.9 Å². The first-order chi connectivity index (χ1) is 12.7. The molecule has 3 aromatic rings. The molecular weight excluding hydrogens is 330 g/mol.